The zero-order valence-electron chi connectivity index (χ0n) is 15.3. The highest BCUT2D eigenvalue weighted by atomic mass is 14.3. The lowest BCUT2D eigenvalue weighted by atomic mass is 9.66. The fourth-order valence-corrected chi connectivity index (χ4v) is 3.14. The molecule has 0 saturated heterocycles. The van der Waals surface area contributed by atoms with Crippen molar-refractivity contribution in [3.63, 3.8) is 0 Å². The molecule has 0 aromatic heterocycles. The van der Waals surface area contributed by atoms with Gasteiger partial charge in [0.1, 0.15) is 15.7 Å². The molecule has 0 amide bonds. The van der Waals surface area contributed by atoms with Crippen molar-refractivity contribution >= 4 is 26.6 Å². The molecule has 0 aliphatic rings. The first-order chi connectivity index (χ1) is 10.7. The number of rotatable bonds is 4. The van der Waals surface area contributed by atoms with Gasteiger partial charge in [-0.1, -0.05) is 94.4 Å². The van der Waals surface area contributed by atoms with Gasteiger partial charge in [-0.25, -0.2) is 0 Å². The minimum Gasteiger partial charge on any atom is -0.0999 e. The Hall–Kier alpha value is -1.43. The summed E-state index contributed by atoms with van der Waals surface area (Å²) in [4.78, 5) is 0. The lowest BCUT2D eigenvalue weighted by Crippen LogP contribution is -2.38. The predicted octanol–water partition coefficient (Wildman–Crippen LogP) is 3.85. The van der Waals surface area contributed by atoms with Gasteiger partial charge in [-0.15, -0.1) is 0 Å². The van der Waals surface area contributed by atoms with E-state index in [0.29, 0.717) is 17.3 Å². The Morgan fingerprint density at radius 3 is 1.78 bits per heavy atom. The minimum atomic E-state index is -0.177. The normalized spacial score (nSPS) is 12.2. The minimum absolute atomic E-state index is 0.177. The van der Waals surface area contributed by atoms with Crippen molar-refractivity contribution in [1.82, 2.24) is 0 Å². The molecule has 2 aromatic carbocycles. The van der Waals surface area contributed by atoms with E-state index in [2.05, 4.69) is 77.9 Å². The van der Waals surface area contributed by atoms with Gasteiger partial charge in [0.2, 0.25) is 0 Å². The third-order valence-electron chi connectivity index (χ3n) is 4.92. The maximum absolute atomic E-state index is 6.40. The van der Waals surface area contributed by atoms with Crippen molar-refractivity contribution in [2.24, 2.45) is 0 Å². The quantitative estimate of drug-likeness (QED) is 0.752. The first-order valence-corrected chi connectivity index (χ1v) is 8.45. The van der Waals surface area contributed by atoms with Crippen LogP contribution in [0.4, 0.5) is 0 Å². The highest BCUT2D eigenvalue weighted by molar-refractivity contribution is 6.50. The Balaban J connectivity index is 2.49. The molecule has 2 heteroatoms. The SMILES string of the molecule is [B]c1c(C(C)C)ccc(C(C)(C)c2ccc(C(C)C)cc2)c1[B]. The third-order valence-corrected chi connectivity index (χ3v) is 4.92. The van der Waals surface area contributed by atoms with Gasteiger partial charge < -0.3 is 0 Å². The number of hydrogen-bond acceptors (Lipinski definition) is 0. The van der Waals surface area contributed by atoms with Gasteiger partial charge in [0, 0.05) is 5.41 Å². The standard InChI is InChI=1S/C21H26B2/c1-13(2)15-7-9-16(10-8-15)21(5,6)18-12-11-17(14(3)4)19(22)20(18)23/h7-14H,1-6H3. The molecule has 0 fully saturated rings. The fourth-order valence-electron chi connectivity index (χ4n) is 3.14. The maximum Gasteiger partial charge on any atom is 0.113 e. The van der Waals surface area contributed by atoms with Crippen LogP contribution in [-0.4, -0.2) is 15.7 Å². The zero-order chi connectivity index (χ0) is 17.4. The molecule has 2 rings (SSSR count). The Kier molecular flexibility index (Phi) is 5.13. The monoisotopic (exact) mass is 300 g/mol. The van der Waals surface area contributed by atoms with Crippen molar-refractivity contribution in [2.75, 3.05) is 0 Å². The van der Waals surface area contributed by atoms with Gasteiger partial charge in [0.15, 0.2) is 0 Å². The van der Waals surface area contributed by atoms with Crippen LogP contribution in [0.2, 0.25) is 0 Å². The number of hydrogen-bond donors (Lipinski definition) is 0. The summed E-state index contributed by atoms with van der Waals surface area (Å²) in [6.45, 7) is 13.1. The largest absolute Gasteiger partial charge is 0.113 e. The smallest absolute Gasteiger partial charge is 0.0999 e. The van der Waals surface area contributed by atoms with Crippen molar-refractivity contribution < 1.29 is 0 Å². The van der Waals surface area contributed by atoms with Gasteiger partial charge in [0.25, 0.3) is 0 Å². The molecule has 0 nitrogen and oxygen atoms in total. The van der Waals surface area contributed by atoms with Crippen LogP contribution in [-0.2, 0) is 5.41 Å². The zero-order valence-corrected chi connectivity index (χ0v) is 15.3. The van der Waals surface area contributed by atoms with E-state index in [-0.39, 0.29) is 5.41 Å². The van der Waals surface area contributed by atoms with E-state index >= 15 is 0 Å². The van der Waals surface area contributed by atoms with Gasteiger partial charge in [-0.05, 0) is 28.5 Å². The predicted molar refractivity (Wildman–Crippen MR) is 104 cm³/mol. The molecule has 0 bridgehead atoms. The summed E-state index contributed by atoms with van der Waals surface area (Å²) < 4.78 is 0. The topological polar surface area (TPSA) is 0 Å². The van der Waals surface area contributed by atoms with E-state index in [9.17, 15) is 0 Å². The molecule has 0 saturated carbocycles. The molecule has 116 valence electrons. The van der Waals surface area contributed by atoms with Crippen molar-refractivity contribution in [3.05, 3.63) is 58.7 Å². The molecule has 0 aliphatic heterocycles. The van der Waals surface area contributed by atoms with Crippen LogP contribution in [0.25, 0.3) is 0 Å². The van der Waals surface area contributed by atoms with Crippen LogP contribution in [0, 0.1) is 0 Å². The summed E-state index contributed by atoms with van der Waals surface area (Å²) in [7, 11) is 12.7. The summed E-state index contributed by atoms with van der Waals surface area (Å²) in [5.41, 5.74) is 6.09. The van der Waals surface area contributed by atoms with Crippen molar-refractivity contribution in [3.8, 4) is 0 Å². The van der Waals surface area contributed by atoms with Crippen LogP contribution in [0.5, 0.6) is 0 Å². The van der Waals surface area contributed by atoms with Gasteiger partial charge in [-0.3, -0.25) is 0 Å². The van der Waals surface area contributed by atoms with E-state index in [1.54, 1.807) is 0 Å². The molecule has 2 aromatic rings. The molecule has 0 unspecified atom stereocenters. The molecular formula is C21H26B2. The van der Waals surface area contributed by atoms with Crippen molar-refractivity contribution in [2.45, 2.75) is 58.8 Å². The molecular weight excluding hydrogens is 274 g/mol. The molecule has 0 heterocycles. The van der Waals surface area contributed by atoms with Gasteiger partial charge in [-0.2, -0.15) is 0 Å². The first-order valence-electron chi connectivity index (χ1n) is 8.45. The average molecular weight is 300 g/mol. The molecule has 0 aliphatic carbocycles. The van der Waals surface area contributed by atoms with Crippen LogP contribution in [0.15, 0.2) is 36.4 Å². The highest BCUT2D eigenvalue weighted by Crippen LogP contribution is 2.31. The van der Waals surface area contributed by atoms with Gasteiger partial charge >= 0.3 is 0 Å². The van der Waals surface area contributed by atoms with Crippen LogP contribution in [0.1, 0.15) is 75.6 Å². The number of benzene rings is 2. The van der Waals surface area contributed by atoms with E-state index in [1.807, 2.05) is 0 Å². The third kappa shape index (κ3) is 3.42. The highest BCUT2D eigenvalue weighted by Gasteiger charge is 2.25. The Bertz CT molecular complexity index is 680. The average Bonchev–Trinajstić information content (AvgIpc) is 2.49. The summed E-state index contributed by atoms with van der Waals surface area (Å²) in [6, 6.07) is 13.1. The van der Waals surface area contributed by atoms with E-state index in [0.717, 1.165) is 16.6 Å². The van der Waals surface area contributed by atoms with Crippen LogP contribution < -0.4 is 10.9 Å². The summed E-state index contributed by atoms with van der Waals surface area (Å²) in [5.74, 6) is 0.915. The molecule has 23 heavy (non-hydrogen) atoms. The molecule has 0 N–H and O–H groups in total. The fraction of sp³-hybridized carbons (Fsp3) is 0.429. The van der Waals surface area contributed by atoms with E-state index in [1.165, 1.54) is 11.1 Å². The van der Waals surface area contributed by atoms with E-state index in [4.69, 9.17) is 15.7 Å². The molecule has 0 atom stereocenters. The summed E-state index contributed by atoms with van der Waals surface area (Å²) >= 11 is 0. The lowest BCUT2D eigenvalue weighted by Gasteiger charge is -2.31. The second-order valence-electron chi connectivity index (χ2n) is 7.59. The second-order valence-corrected chi connectivity index (χ2v) is 7.59. The summed E-state index contributed by atoms with van der Waals surface area (Å²) in [6.07, 6.45) is 0. The summed E-state index contributed by atoms with van der Waals surface area (Å²) in [5, 5.41) is 0. The Morgan fingerprint density at radius 1 is 0.739 bits per heavy atom. The van der Waals surface area contributed by atoms with Crippen molar-refractivity contribution in [1.29, 1.82) is 0 Å². The van der Waals surface area contributed by atoms with Crippen LogP contribution >= 0.6 is 0 Å². The Labute approximate surface area is 144 Å². The molecule has 0 spiro atoms. The maximum atomic E-state index is 6.40. The molecule has 4 radical (unpaired) electrons. The Morgan fingerprint density at radius 2 is 1.30 bits per heavy atom. The first kappa shape index (κ1) is 17.9. The van der Waals surface area contributed by atoms with Crippen LogP contribution in [0.3, 0.4) is 0 Å². The second kappa shape index (κ2) is 6.59. The van der Waals surface area contributed by atoms with Gasteiger partial charge in [0.05, 0.1) is 0 Å². The van der Waals surface area contributed by atoms with E-state index < -0.39 is 0 Å². The lowest BCUT2D eigenvalue weighted by molar-refractivity contribution is 0.644.